The van der Waals surface area contributed by atoms with E-state index in [4.69, 9.17) is 18.9 Å². The van der Waals surface area contributed by atoms with E-state index in [9.17, 15) is 9.46 Å². The van der Waals surface area contributed by atoms with Crippen LogP contribution in [0.2, 0.25) is 0 Å². The average Bonchev–Trinajstić information content (AvgIpc) is 2.91. The first-order valence-electron chi connectivity index (χ1n) is 10.5. The summed E-state index contributed by atoms with van der Waals surface area (Å²) in [7, 11) is -2.69. The number of hydrogen-bond donors (Lipinski definition) is 2. The van der Waals surface area contributed by atoms with Crippen LogP contribution in [0.15, 0.2) is 52.3 Å². The molecule has 0 fully saturated rings. The van der Waals surface area contributed by atoms with Gasteiger partial charge in [-0.3, -0.25) is 9.42 Å². The maximum atomic E-state index is 12.6. The third-order valence-electron chi connectivity index (χ3n) is 4.90. The first-order chi connectivity index (χ1) is 15.0. The molecule has 0 aromatic heterocycles. The molecule has 0 bridgehead atoms. The first-order valence-corrected chi connectivity index (χ1v) is 12.8. The smallest absolute Gasteiger partial charge is 0.496 e. The normalized spacial score (nSPS) is 14.6. The van der Waals surface area contributed by atoms with Crippen molar-refractivity contribution >= 4 is 31.4 Å². The zero-order valence-electron chi connectivity index (χ0n) is 17.7. The minimum atomic E-state index is -4.29. The third-order valence-corrected chi connectivity index (χ3v) is 7.06. The zero-order valence-corrected chi connectivity index (χ0v) is 19.4. The van der Waals surface area contributed by atoms with Crippen molar-refractivity contribution in [2.24, 2.45) is 0 Å². The standard InChI is InChI=1S/C23H29O6PS/c1-27-20-13-10-12-19-21(17-18-11-6-7-14-22(18)31-23(19)20)29-30(25,26)28-16-9-5-3-2-4-8-15-24/h6-7,10-14,17,24H,2-5,8-9,15-16H2,1H3,(H,25,26). The fraction of sp³-hybridized carbons (Fsp3) is 0.391. The van der Waals surface area contributed by atoms with Crippen LogP contribution in [0.4, 0.5) is 0 Å². The molecule has 8 heteroatoms. The van der Waals surface area contributed by atoms with Gasteiger partial charge < -0.3 is 14.4 Å². The highest BCUT2D eigenvalue weighted by molar-refractivity contribution is 7.99. The fourth-order valence-electron chi connectivity index (χ4n) is 3.32. The van der Waals surface area contributed by atoms with E-state index < -0.39 is 7.82 Å². The van der Waals surface area contributed by atoms with Crippen molar-refractivity contribution in [1.82, 2.24) is 0 Å². The van der Waals surface area contributed by atoms with Crippen molar-refractivity contribution in [3.05, 3.63) is 53.6 Å². The quantitative estimate of drug-likeness (QED) is 0.289. The van der Waals surface area contributed by atoms with Crippen molar-refractivity contribution in [3.8, 4) is 5.75 Å². The lowest BCUT2D eigenvalue weighted by atomic mass is 10.1. The first kappa shape index (κ1) is 23.9. The Morgan fingerprint density at radius 2 is 1.71 bits per heavy atom. The number of phosphoric acid groups is 1. The summed E-state index contributed by atoms with van der Waals surface area (Å²) in [6.45, 7) is 0.374. The van der Waals surface area contributed by atoms with Gasteiger partial charge in [-0.1, -0.05) is 61.7 Å². The fourth-order valence-corrected chi connectivity index (χ4v) is 5.28. The lowest BCUT2D eigenvalue weighted by molar-refractivity contribution is 0.190. The number of fused-ring (bicyclic) bond motifs is 2. The molecule has 2 aromatic rings. The highest BCUT2D eigenvalue weighted by atomic mass is 32.2. The number of aliphatic hydroxyl groups is 1. The van der Waals surface area contributed by atoms with Gasteiger partial charge in [0.2, 0.25) is 0 Å². The van der Waals surface area contributed by atoms with Gasteiger partial charge in [0.05, 0.1) is 18.6 Å². The van der Waals surface area contributed by atoms with Gasteiger partial charge >= 0.3 is 7.82 Å². The van der Waals surface area contributed by atoms with E-state index in [-0.39, 0.29) is 19.0 Å². The summed E-state index contributed by atoms with van der Waals surface area (Å²) >= 11 is 1.53. The summed E-state index contributed by atoms with van der Waals surface area (Å²) in [5, 5.41) is 8.79. The predicted molar refractivity (Wildman–Crippen MR) is 123 cm³/mol. The van der Waals surface area contributed by atoms with Gasteiger partial charge in [-0.05, 0) is 42.7 Å². The number of aliphatic hydroxyl groups excluding tert-OH is 1. The van der Waals surface area contributed by atoms with Crippen LogP contribution in [0.3, 0.4) is 0 Å². The van der Waals surface area contributed by atoms with E-state index in [2.05, 4.69) is 0 Å². The minimum absolute atomic E-state index is 0.150. The number of methoxy groups -OCH3 is 1. The average molecular weight is 465 g/mol. The van der Waals surface area contributed by atoms with Crippen LogP contribution in [0.1, 0.15) is 49.7 Å². The number of ether oxygens (including phenoxy) is 1. The van der Waals surface area contributed by atoms with Crippen molar-refractivity contribution in [2.75, 3.05) is 20.3 Å². The summed E-state index contributed by atoms with van der Waals surface area (Å²) in [6, 6.07) is 13.3. The van der Waals surface area contributed by atoms with E-state index in [0.717, 1.165) is 47.5 Å². The second-order valence-electron chi connectivity index (χ2n) is 7.22. The topological polar surface area (TPSA) is 85.2 Å². The van der Waals surface area contributed by atoms with Crippen LogP contribution in [-0.4, -0.2) is 30.3 Å². The van der Waals surface area contributed by atoms with Crippen molar-refractivity contribution < 1.29 is 28.3 Å². The number of rotatable bonds is 12. The SMILES string of the molecule is COc1cccc2c1Sc1ccccc1C=C2OP(=O)(O)OCCCCCCCCO. The van der Waals surface area contributed by atoms with Gasteiger partial charge in [-0.25, -0.2) is 4.57 Å². The molecule has 2 aromatic carbocycles. The molecule has 0 spiro atoms. The van der Waals surface area contributed by atoms with Gasteiger partial charge in [-0.15, -0.1) is 0 Å². The maximum Gasteiger partial charge on any atom is 0.527 e. The molecular weight excluding hydrogens is 435 g/mol. The number of benzene rings is 2. The molecule has 1 aliphatic heterocycles. The van der Waals surface area contributed by atoms with Gasteiger partial charge in [0.15, 0.2) is 0 Å². The Morgan fingerprint density at radius 1 is 0.968 bits per heavy atom. The maximum absolute atomic E-state index is 12.6. The molecule has 168 valence electrons. The molecule has 0 aliphatic carbocycles. The lowest BCUT2D eigenvalue weighted by Gasteiger charge is -2.17. The van der Waals surface area contributed by atoms with E-state index in [1.54, 1.807) is 13.2 Å². The molecule has 0 amide bonds. The van der Waals surface area contributed by atoms with Crippen molar-refractivity contribution in [1.29, 1.82) is 0 Å². The molecule has 1 atom stereocenters. The summed E-state index contributed by atoms with van der Waals surface area (Å²) in [5.74, 6) is 0.949. The van der Waals surface area contributed by atoms with Gasteiger partial charge in [0.1, 0.15) is 11.5 Å². The van der Waals surface area contributed by atoms with Crippen LogP contribution in [0.25, 0.3) is 11.8 Å². The lowest BCUT2D eigenvalue weighted by Crippen LogP contribution is -1.99. The number of unbranched alkanes of at least 4 members (excludes halogenated alkanes) is 5. The number of hydrogen-bond acceptors (Lipinski definition) is 6. The molecule has 2 N–H and O–H groups in total. The van der Waals surface area contributed by atoms with Crippen molar-refractivity contribution in [2.45, 2.75) is 48.3 Å². The summed E-state index contributed by atoms with van der Waals surface area (Å²) in [4.78, 5) is 12.2. The third kappa shape index (κ3) is 6.86. The predicted octanol–water partition coefficient (Wildman–Crippen LogP) is 6.12. The minimum Gasteiger partial charge on any atom is -0.496 e. The van der Waals surface area contributed by atoms with E-state index in [0.29, 0.717) is 17.7 Å². The Kier molecular flexibility index (Phi) is 9.05. The molecule has 31 heavy (non-hydrogen) atoms. The molecule has 3 rings (SSSR count). The van der Waals surface area contributed by atoms with Gasteiger partial charge in [-0.2, -0.15) is 0 Å². The van der Waals surface area contributed by atoms with Gasteiger partial charge in [0, 0.05) is 17.1 Å². The summed E-state index contributed by atoms with van der Waals surface area (Å²) < 4.78 is 28.9. The molecule has 0 saturated carbocycles. The molecule has 0 radical (unpaired) electrons. The number of phosphoric ester groups is 1. The molecule has 1 aliphatic rings. The highest BCUT2D eigenvalue weighted by Gasteiger charge is 2.28. The van der Waals surface area contributed by atoms with Crippen LogP contribution in [0.5, 0.6) is 5.75 Å². The zero-order chi connectivity index (χ0) is 22.1. The summed E-state index contributed by atoms with van der Waals surface area (Å²) in [5.41, 5.74) is 1.57. The van der Waals surface area contributed by atoms with E-state index >= 15 is 0 Å². The van der Waals surface area contributed by atoms with Crippen LogP contribution in [0, 0.1) is 0 Å². The molecule has 6 nitrogen and oxygen atoms in total. The second kappa shape index (κ2) is 11.7. The van der Waals surface area contributed by atoms with E-state index in [1.165, 1.54) is 11.8 Å². The molecule has 1 unspecified atom stereocenters. The van der Waals surface area contributed by atoms with Crippen LogP contribution in [-0.2, 0) is 13.6 Å². The van der Waals surface area contributed by atoms with Gasteiger partial charge in [0.25, 0.3) is 0 Å². The molecular formula is C23H29O6PS. The Labute approximate surface area is 187 Å². The summed E-state index contributed by atoms with van der Waals surface area (Å²) in [6.07, 6.45) is 7.20. The Morgan fingerprint density at radius 3 is 2.48 bits per heavy atom. The largest absolute Gasteiger partial charge is 0.527 e. The monoisotopic (exact) mass is 464 g/mol. The van der Waals surface area contributed by atoms with Crippen LogP contribution < -0.4 is 4.74 Å². The molecule has 1 heterocycles. The molecule has 0 saturated heterocycles. The highest BCUT2D eigenvalue weighted by Crippen LogP contribution is 2.52. The Bertz CT molecular complexity index is 945. The Hall–Kier alpha value is -1.76. The Balaban J connectivity index is 1.69. The van der Waals surface area contributed by atoms with Crippen LogP contribution >= 0.6 is 19.6 Å². The van der Waals surface area contributed by atoms with E-state index in [1.807, 2.05) is 42.5 Å². The van der Waals surface area contributed by atoms with Crippen molar-refractivity contribution in [3.63, 3.8) is 0 Å². The second-order valence-corrected chi connectivity index (χ2v) is 9.65.